The summed E-state index contributed by atoms with van der Waals surface area (Å²) in [6.45, 7) is 15.5. The molecule has 2 unspecified atom stereocenters. The third-order valence-corrected chi connectivity index (χ3v) is 14.0. The number of amides is 4. The molecule has 2 fully saturated rings. The van der Waals surface area contributed by atoms with Gasteiger partial charge in [-0.05, 0) is 127 Å². The molecular formula is C54H70Cl2F6N14O6. The van der Waals surface area contributed by atoms with Gasteiger partial charge in [-0.2, -0.15) is 26.3 Å². The number of nitrogens with two attached hydrogens (primary N) is 1. The van der Waals surface area contributed by atoms with Gasteiger partial charge in [0.2, 0.25) is 24.7 Å². The second-order valence-electron chi connectivity index (χ2n) is 20.1. The fourth-order valence-electron chi connectivity index (χ4n) is 9.99. The number of nitrogens with one attached hydrogen (secondary N) is 2. The molecule has 0 radical (unpaired) electrons. The number of hydrogen-bond donors (Lipinski definition) is 3. The van der Waals surface area contributed by atoms with E-state index in [0.717, 1.165) is 24.3 Å². The van der Waals surface area contributed by atoms with Crippen molar-refractivity contribution < 1.29 is 55.0 Å². The van der Waals surface area contributed by atoms with Gasteiger partial charge < -0.3 is 34.8 Å². The summed E-state index contributed by atoms with van der Waals surface area (Å²) in [6.07, 6.45) is 4.79. The summed E-state index contributed by atoms with van der Waals surface area (Å²) >= 11 is 12.2. The quantitative estimate of drug-likeness (QED) is 0.0320. The first-order valence-electron chi connectivity index (χ1n) is 26.7. The molecular weight excluding hydrogens is 1130 g/mol. The van der Waals surface area contributed by atoms with Crippen LogP contribution in [0.3, 0.4) is 0 Å². The molecule has 6 atom stereocenters. The maximum Gasteiger partial charge on any atom is 0.416 e. The second-order valence-corrected chi connectivity index (χ2v) is 20.9. The Morgan fingerprint density at radius 1 is 0.622 bits per heavy atom. The number of hydrazine groups is 1. The summed E-state index contributed by atoms with van der Waals surface area (Å²) in [6, 6.07) is 6.30. The molecule has 2 saturated heterocycles. The van der Waals surface area contributed by atoms with E-state index >= 15 is 0 Å². The van der Waals surface area contributed by atoms with Crippen LogP contribution in [0.4, 0.5) is 53.5 Å². The summed E-state index contributed by atoms with van der Waals surface area (Å²) < 4.78 is 93.8. The predicted octanol–water partition coefficient (Wildman–Crippen LogP) is 11.0. The fourth-order valence-corrected chi connectivity index (χ4v) is 10.5. The summed E-state index contributed by atoms with van der Waals surface area (Å²) in [5.41, 5.74) is 9.74. The molecule has 2 aromatic carbocycles. The van der Waals surface area contributed by atoms with Crippen LogP contribution in [0.15, 0.2) is 73.8 Å². The molecule has 0 spiro atoms. The Labute approximate surface area is 482 Å². The lowest BCUT2D eigenvalue weighted by Crippen LogP contribution is -2.57. The van der Waals surface area contributed by atoms with Crippen molar-refractivity contribution in [2.24, 2.45) is 0 Å². The molecule has 4 N–H and O–H groups in total. The number of anilines is 3. The number of nitrogen functional groups attached to an aromatic ring is 1. The van der Waals surface area contributed by atoms with Gasteiger partial charge in [-0.3, -0.25) is 25.0 Å². The van der Waals surface area contributed by atoms with Crippen LogP contribution < -0.4 is 26.4 Å². The van der Waals surface area contributed by atoms with Gasteiger partial charge in [-0.25, -0.2) is 29.5 Å². The number of carbonyl (C=O) groups is 4. The Balaban J connectivity index is 0.000000275. The molecule has 0 saturated carbocycles. The van der Waals surface area contributed by atoms with Crippen LogP contribution in [-0.2, 0) is 44.5 Å². The third kappa shape index (κ3) is 18.4. The van der Waals surface area contributed by atoms with Crippen LogP contribution in [0.25, 0.3) is 5.69 Å². The molecule has 5 heterocycles. The average molecular weight is 1200 g/mol. The lowest BCUT2D eigenvalue weighted by Gasteiger charge is -2.47. The van der Waals surface area contributed by atoms with Crippen molar-refractivity contribution in [2.45, 2.75) is 181 Å². The van der Waals surface area contributed by atoms with Crippen LogP contribution in [0.5, 0.6) is 0 Å². The Morgan fingerprint density at radius 3 is 1.27 bits per heavy atom. The van der Waals surface area contributed by atoms with Gasteiger partial charge in [0, 0.05) is 59.4 Å². The van der Waals surface area contributed by atoms with Crippen molar-refractivity contribution in [3.05, 3.63) is 106 Å². The van der Waals surface area contributed by atoms with Gasteiger partial charge in [0.15, 0.2) is 0 Å². The highest BCUT2D eigenvalue weighted by molar-refractivity contribution is 6.31. The van der Waals surface area contributed by atoms with Crippen molar-refractivity contribution in [2.75, 3.05) is 15.5 Å². The van der Waals surface area contributed by atoms with E-state index in [4.69, 9.17) is 38.4 Å². The smallest absolute Gasteiger partial charge is 0.416 e. The van der Waals surface area contributed by atoms with E-state index in [1.807, 2.05) is 85.8 Å². The van der Waals surface area contributed by atoms with Crippen molar-refractivity contribution >= 4 is 65.8 Å². The van der Waals surface area contributed by atoms with Crippen molar-refractivity contribution in [3.8, 4) is 5.69 Å². The van der Waals surface area contributed by atoms with Gasteiger partial charge >= 0.3 is 24.5 Å². The molecule has 448 valence electrons. The molecule has 28 heteroatoms. The van der Waals surface area contributed by atoms with Crippen LogP contribution in [0, 0.1) is 0 Å². The number of hydrogen-bond acceptors (Lipinski definition) is 15. The van der Waals surface area contributed by atoms with Gasteiger partial charge in [0.25, 0.3) is 0 Å². The van der Waals surface area contributed by atoms with E-state index in [1.165, 1.54) is 37.2 Å². The average Bonchev–Trinajstić information content (AvgIpc) is 4.09. The second kappa shape index (κ2) is 30.2. The normalized spacial score (nSPS) is 19.0. The number of ether oxygens (including phenoxy) is 2. The number of likely N-dealkylation sites (tertiary alicyclic amines) is 2. The monoisotopic (exact) mass is 1190 g/mol. The van der Waals surface area contributed by atoms with Gasteiger partial charge in [-0.15, -0.1) is 10.2 Å². The molecule has 2 aliphatic rings. The van der Waals surface area contributed by atoms with E-state index in [-0.39, 0.29) is 83.8 Å². The highest BCUT2D eigenvalue weighted by Crippen LogP contribution is 2.38. The van der Waals surface area contributed by atoms with Crippen molar-refractivity contribution in [3.63, 3.8) is 0 Å². The van der Waals surface area contributed by atoms with E-state index in [2.05, 4.69) is 30.1 Å². The maximum absolute atomic E-state index is 13.6. The zero-order chi connectivity index (χ0) is 60.5. The number of aromatic nitrogens is 7. The minimum atomic E-state index is -4.54. The first-order chi connectivity index (χ1) is 38.8. The molecule has 20 nitrogen and oxygen atoms in total. The number of piperidine rings is 2. The van der Waals surface area contributed by atoms with Gasteiger partial charge in [-0.1, -0.05) is 50.9 Å². The number of nitrogens with zero attached hydrogens (tertiary/aromatic N) is 11. The Bertz CT molecular complexity index is 2790. The molecule has 82 heavy (non-hydrogen) atoms. The molecule has 2 aliphatic heterocycles. The van der Waals surface area contributed by atoms with E-state index in [9.17, 15) is 45.5 Å². The number of alkyl halides is 6. The molecule has 0 bridgehead atoms. The lowest BCUT2D eigenvalue weighted by atomic mass is 9.87. The molecule has 4 amide bonds. The lowest BCUT2D eigenvalue weighted by molar-refractivity contribution is -0.138. The Morgan fingerprint density at radius 2 is 0.963 bits per heavy atom. The van der Waals surface area contributed by atoms with E-state index < -0.39 is 23.5 Å². The van der Waals surface area contributed by atoms with E-state index in [0.29, 0.717) is 98.6 Å². The minimum absolute atomic E-state index is 0.00196. The number of benzene rings is 2. The first kappa shape index (κ1) is 65.6. The standard InChI is InChI=1S/C27H33ClF3N7O2.C25H33ClF3N5O2.C2H4N2O2/c1-5-21-10-23(11-22(6-2)38(21)26(39)40-17(3)4)37(14-18-7-19(27(29,30)31)9-20(28)8-18)25-32-12-24(13-33-25)36-15-34-35-16-36;1-5-20-10-22(11-21(6-2)34(20)24(35)36-15(3)4)33(23-31-12-19(30)13-32-23)14-16-7-17(25(27,28)29)9-18(26)8-16;5-1-3-4-2-6/h7-9,12-13,15-17,21-23H,5-6,10-11,14H2,1-4H3;7-9,12-13,15,20-22H,5-6,10-11,14,30H2,1-4H3;1-2H,(H,3,5)(H,4,6)/t21-,22+,23?;20-,21+,22?;. The number of halogens is 8. The third-order valence-electron chi connectivity index (χ3n) is 13.6. The van der Waals surface area contributed by atoms with Crippen molar-refractivity contribution in [1.82, 2.24) is 55.4 Å². The number of carbonyl (C=O) groups excluding carboxylic acids is 4. The molecule has 3 aromatic heterocycles. The summed E-state index contributed by atoms with van der Waals surface area (Å²) in [7, 11) is 0. The zero-order valence-corrected chi connectivity index (χ0v) is 48.3. The Kier molecular flexibility index (Phi) is 24.1. The largest absolute Gasteiger partial charge is 0.447 e. The fraction of sp³-hybridized carbons (Fsp3) is 0.519. The highest BCUT2D eigenvalue weighted by Gasteiger charge is 2.43. The molecule has 7 rings (SSSR count). The van der Waals surface area contributed by atoms with Gasteiger partial charge in [0.1, 0.15) is 12.7 Å². The topological polar surface area (TPSA) is 232 Å². The first-order valence-corrected chi connectivity index (χ1v) is 27.5. The van der Waals surface area contributed by atoms with Crippen LogP contribution in [0.2, 0.25) is 10.0 Å². The van der Waals surface area contributed by atoms with E-state index in [1.54, 1.807) is 17.0 Å². The maximum atomic E-state index is 13.6. The van der Waals surface area contributed by atoms with Crippen LogP contribution in [0.1, 0.15) is 129 Å². The summed E-state index contributed by atoms with van der Waals surface area (Å²) in [5.74, 6) is 0.712. The van der Waals surface area contributed by atoms with Gasteiger partial charge in [0.05, 0.1) is 59.5 Å². The summed E-state index contributed by atoms with van der Waals surface area (Å²) in [5, 5.41) is 7.59. The SMILES string of the molecule is CC[C@@H]1CC(N(Cc2cc(Cl)cc(C(F)(F)F)c2)c2ncc(-n3cnnc3)cn2)C[C@H](CC)N1C(=O)OC(C)C.CC[C@@H]1CC(N(Cc2cc(Cl)cc(C(F)(F)F)c2)c2ncc(N)cn2)C[C@H](CC)N1C(=O)OC(C)C.O=CNNC=O. The number of rotatable bonds is 18. The van der Waals surface area contributed by atoms with Crippen LogP contribution in [-0.4, -0.2) is 118 Å². The molecule has 5 aromatic rings. The Hall–Kier alpha value is -7.22. The zero-order valence-electron chi connectivity index (χ0n) is 46.7. The summed E-state index contributed by atoms with van der Waals surface area (Å²) in [4.78, 5) is 69.8. The van der Waals surface area contributed by atoms with Crippen LogP contribution >= 0.6 is 23.2 Å². The molecule has 0 aliphatic carbocycles. The highest BCUT2D eigenvalue weighted by atomic mass is 35.5. The van der Waals surface area contributed by atoms with Crippen molar-refractivity contribution in [1.29, 1.82) is 0 Å². The minimum Gasteiger partial charge on any atom is -0.447 e. The predicted molar refractivity (Wildman–Crippen MR) is 296 cm³/mol.